The van der Waals surface area contributed by atoms with Gasteiger partial charge in [-0.1, -0.05) is 13.8 Å². The van der Waals surface area contributed by atoms with Gasteiger partial charge in [-0.05, 0) is 59.0 Å². The Morgan fingerprint density at radius 3 is 2.38 bits per heavy atom. The summed E-state index contributed by atoms with van der Waals surface area (Å²) >= 11 is 3.65. The molecule has 0 amide bonds. The minimum absolute atomic E-state index is 0.345. The third-order valence-electron chi connectivity index (χ3n) is 4.61. The number of ether oxygens (including phenoxy) is 2. The topological polar surface area (TPSA) is 47.5 Å². The molecule has 0 fully saturated rings. The van der Waals surface area contributed by atoms with Crippen molar-refractivity contribution >= 4 is 21.6 Å². The predicted octanol–water partition coefficient (Wildman–Crippen LogP) is 4.74. The first-order chi connectivity index (χ1) is 12.3. The highest BCUT2D eigenvalue weighted by Crippen LogP contribution is 2.38. The molecule has 0 spiro atoms. The van der Waals surface area contributed by atoms with Gasteiger partial charge < -0.3 is 14.4 Å². The van der Waals surface area contributed by atoms with E-state index in [1.165, 1.54) is 5.56 Å². The van der Waals surface area contributed by atoms with E-state index in [1.807, 2.05) is 13.1 Å². The van der Waals surface area contributed by atoms with Gasteiger partial charge in [0.25, 0.3) is 0 Å². The van der Waals surface area contributed by atoms with Gasteiger partial charge in [-0.3, -0.25) is 0 Å². The van der Waals surface area contributed by atoms with Gasteiger partial charge in [0.15, 0.2) is 0 Å². The minimum Gasteiger partial charge on any atom is -0.480 e. The van der Waals surface area contributed by atoms with E-state index in [-0.39, 0.29) is 0 Å². The summed E-state index contributed by atoms with van der Waals surface area (Å²) in [6.07, 6.45) is 0. The van der Waals surface area contributed by atoms with Crippen LogP contribution < -0.4 is 9.64 Å². The highest BCUT2D eigenvalue weighted by atomic mass is 79.9. The van der Waals surface area contributed by atoms with Crippen LogP contribution in [0, 0.1) is 13.8 Å². The Morgan fingerprint density at radius 2 is 1.81 bits per heavy atom. The van der Waals surface area contributed by atoms with E-state index in [1.54, 1.807) is 14.2 Å². The molecule has 2 heterocycles. The normalized spacial score (nSPS) is 11.1. The fourth-order valence-electron chi connectivity index (χ4n) is 2.90. The highest BCUT2D eigenvalue weighted by molar-refractivity contribution is 9.10. The summed E-state index contributed by atoms with van der Waals surface area (Å²) in [6, 6.07) is 4.10. The molecule has 0 bridgehead atoms. The number of rotatable bonds is 7. The van der Waals surface area contributed by atoms with Crippen molar-refractivity contribution in [3.63, 3.8) is 0 Å². The van der Waals surface area contributed by atoms with E-state index in [0.29, 0.717) is 18.4 Å². The van der Waals surface area contributed by atoms with Gasteiger partial charge in [0.05, 0.1) is 30.7 Å². The second-order valence-electron chi connectivity index (χ2n) is 6.71. The standard InChI is InChI=1S/C20H28BrN3O2/c1-12(2)16-9-8-15(20(22-16)26-7)17-13(3)14(4)18(19(21)23-17)24(5)10-11-25-6/h8-9,12H,10-11H2,1-7H3. The Morgan fingerprint density at radius 1 is 1.12 bits per heavy atom. The fraction of sp³-hybridized carbons (Fsp3) is 0.500. The molecule has 2 aromatic rings. The van der Waals surface area contributed by atoms with E-state index >= 15 is 0 Å². The number of methoxy groups -OCH3 is 2. The number of aromatic nitrogens is 2. The monoisotopic (exact) mass is 421 g/mol. The van der Waals surface area contributed by atoms with Gasteiger partial charge in [0.1, 0.15) is 4.60 Å². The molecule has 0 N–H and O–H groups in total. The smallest absolute Gasteiger partial charge is 0.222 e. The van der Waals surface area contributed by atoms with E-state index < -0.39 is 0 Å². The molecular formula is C20H28BrN3O2. The zero-order chi connectivity index (χ0) is 19.4. The van der Waals surface area contributed by atoms with Crippen molar-refractivity contribution in [2.75, 3.05) is 39.3 Å². The highest BCUT2D eigenvalue weighted by Gasteiger charge is 2.20. The van der Waals surface area contributed by atoms with Crippen LogP contribution in [0.25, 0.3) is 11.3 Å². The molecule has 0 unspecified atom stereocenters. The van der Waals surface area contributed by atoms with Crippen LogP contribution in [-0.4, -0.2) is 44.4 Å². The van der Waals surface area contributed by atoms with E-state index in [4.69, 9.17) is 14.5 Å². The number of hydrogen-bond donors (Lipinski definition) is 0. The quantitative estimate of drug-likeness (QED) is 0.604. The van der Waals surface area contributed by atoms with Crippen LogP contribution in [0.5, 0.6) is 5.88 Å². The van der Waals surface area contributed by atoms with Crippen molar-refractivity contribution in [1.82, 2.24) is 9.97 Å². The number of hydrogen-bond acceptors (Lipinski definition) is 5. The Bertz CT molecular complexity index is 778. The van der Waals surface area contributed by atoms with Crippen LogP contribution in [0.4, 0.5) is 5.69 Å². The largest absolute Gasteiger partial charge is 0.480 e. The van der Waals surface area contributed by atoms with Crippen molar-refractivity contribution in [2.45, 2.75) is 33.6 Å². The van der Waals surface area contributed by atoms with Crippen molar-refractivity contribution in [3.8, 4) is 17.1 Å². The maximum absolute atomic E-state index is 5.56. The number of halogens is 1. The summed E-state index contributed by atoms with van der Waals surface area (Å²) in [4.78, 5) is 11.6. The second-order valence-corrected chi connectivity index (χ2v) is 7.46. The van der Waals surface area contributed by atoms with Crippen LogP contribution in [0.15, 0.2) is 16.7 Å². The molecular weight excluding hydrogens is 394 g/mol. The zero-order valence-electron chi connectivity index (χ0n) is 16.7. The van der Waals surface area contributed by atoms with E-state index in [0.717, 1.165) is 39.4 Å². The predicted molar refractivity (Wildman–Crippen MR) is 110 cm³/mol. The average Bonchev–Trinajstić information content (AvgIpc) is 2.62. The first-order valence-electron chi connectivity index (χ1n) is 8.73. The molecule has 0 saturated heterocycles. The second kappa shape index (κ2) is 8.82. The molecule has 0 aliphatic rings. The SMILES string of the molecule is COCCN(C)c1c(Br)nc(-c2ccc(C(C)C)nc2OC)c(C)c1C. The van der Waals surface area contributed by atoms with E-state index in [9.17, 15) is 0 Å². The van der Waals surface area contributed by atoms with Crippen molar-refractivity contribution in [1.29, 1.82) is 0 Å². The van der Waals surface area contributed by atoms with Gasteiger partial charge in [-0.25, -0.2) is 9.97 Å². The summed E-state index contributed by atoms with van der Waals surface area (Å²) < 4.78 is 11.6. The summed E-state index contributed by atoms with van der Waals surface area (Å²) in [5.41, 5.74) is 6.17. The average molecular weight is 422 g/mol. The maximum Gasteiger partial charge on any atom is 0.222 e. The summed E-state index contributed by atoms with van der Waals surface area (Å²) in [5, 5.41) is 0. The molecule has 0 aliphatic carbocycles. The molecule has 26 heavy (non-hydrogen) atoms. The van der Waals surface area contributed by atoms with Crippen molar-refractivity contribution in [3.05, 3.63) is 33.6 Å². The first kappa shape index (κ1) is 20.6. The van der Waals surface area contributed by atoms with Crippen LogP contribution >= 0.6 is 15.9 Å². The zero-order valence-corrected chi connectivity index (χ0v) is 18.3. The van der Waals surface area contributed by atoms with Gasteiger partial charge in [-0.2, -0.15) is 0 Å². The lowest BCUT2D eigenvalue weighted by Crippen LogP contribution is -2.24. The Balaban J connectivity index is 2.55. The summed E-state index contributed by atoms with van der Waals surface area (Å²) in [7, 11) is 5.41. The van der Waals surface area contributed by atoms with E-state index in [2.05, 4.69) is 59.6 Å². The number of pyridine rings is 2. The molecule has 0 aromatic carbocycles. The molecule has 2 aromatic heterocycles. The van der Waals surface area contributed by atoms with Crippen LogP contribution in [0.3, 0.4) is 0 Å². The fourth-order valence-corrected chi connectivity index (χ4v) is 3.68. The molecule has 0 radical (unpaired) electrons. The van der Waals surface area contributed by atoms with Gasteiger partial charge in [-0.15, -0.1) is 0 Å². The van der Waals surface area contributed by atoms with Gasteiger partial charge in [0, 0.05) is 26.4 Å². The third-order valence-corrected chi connectivity index (χ3v) is 5.17. The molecule has 0 atom stereocenters. The number of nitrogens with zero attached hydrogens (tertiary/aromatic N) is 3. The summed E-state index contributed by atoms with van der Waals surface area (Å²) in [6.45, 7) is 9.91. The Hall–Kier alpha value is -1.66. The lowest BCUT2D eigenvalue weighted by Gasteiger charge is -2.24. The molecule has 0 saturated carbocycles. The van der Waals surface area contributed by atoms with Crippen LogP contribution in [-0.2, 0) is 4.74 Å². The van der Waals surface area contributed by atoms with Crippen LogP contribution in [0.2, 0.25) is 0 Å². The maximum atomic E-state index is 5.56. The van der Waals surface area contributed by atoms with Gasteiger partial charge >= 0.3 is 0 Å². The number of anilines is 1. The third kappa shape index (κ3) is 4.18. The van der Waals surface area contributed by atoms with Crippen molar-refractivity contribution < 1.29 is 9.47 Å². The lowest BCUT2D eigenvalue weighted by molar-refractivity contribution is 0.206. The Kier molecular flexibility index (Phi) is 7.01. The minimum atomic E-state index is 0.345. The Labute approximate surface area is 164 Å². The molecule has 6 heteroatoms. The van der Waals surface area contributed by atoms with Crippen LogP contribution in [0.1, 0.15) is 36.6 Å². The lowest BCUT2D eigenvalue weighted by atomic mass is 10.0. The first-order valence-corrected chi connectivity index (χ1v) is 9.53. The number of likely N-dealkylation sites (N-methyl/N-ethyl adjacent to an activating group) is 1. The van der Waals surface area contributed by atoms with Crippen molar-refractivity contribution in [2.24, 2.45) is 0 Å². The molecule has 2 rings (SSSR count). The molecule has 0 aliphatic heterocycles. The molecule has 142 valence electrons. The summed E-state index contributed by atoms with van der Waals surface area (Å²) in [5.74, 6) is 0.955. The van der Waals surface area contributed by atoms with Gasteiger partial charge in [0.2, 0.25) is 5.88 Å². The molecule has 5 nitrogen and oxygen atoms in total.